The lowest BCUT2D eigenvalue weighted by Crippen LogP contribution is -2.22. The number of carbonyl (C=O) groups excluding carboxylic acids is 1. The Morgan fingerprint density at radius 1 is 1.14 bits per heavy atom. The van der Waals surface area contributed by atoms with E-state index in [1.807, 2.05) is 49.4 Å². The van der Waals surface area contributed by atoms with Crippen LogP contribution >= 0.6 is 35.3 Å². The smallest absolute Gasteiger partial charge is 0.237 e. The number of nitrogens with one attached hydrogen (secondary N) is 1. The molecule has 0 radical (unpaired) electrons. The molecule has 4 nitrogen and oxygen atoms in total. The van der Waals surface area contributed by atoms with Gasteiger partial charge in [-0.1, -0.05) is 59.5 Å². The minimum absolute atomic E-state index is 0.110. The summed E-state index contributed by atoms with van der Waals surface area (Å²) in [6, 6.07) is 19.7. The highest BCUT2D eigenvalue weighted by Crippen LogP contribution is 2.29. The van der Waals surface area contributed by atoms with Crippen LogP contribution in [0.2, 0.25) is 0 Å². The highest BCUT2D eigenvalue weighted by molar-refractivity contribution is 8.02. The molecule has 0 aliphatic carbocycles. The van der Waals surface area contributed by atoms with Crippen LogP contribution in [0.3, 0.4) is 0 Å². The topological polar surface area (TPSA) is 46.9 Å². The third kappa shape index (κ3) is 4.39. The summed E-state index contributed by atoms with van der Waals surface area (Å²) in [4.78, 5) is 12.7. The molecule has 146 valence electrons. The van der Waals surface area contributed by atoms with E-state index < -0.39 is 0 Å². The van der Waals surface area contributed by atoms with E-state index in [1.54, 1.807) is 16.8 Å². The second kappa shape index (κ2) is 8.44. The molecule has 3 aromatic carbocycles. The molecule has 1 atom stereocenters. The van der Waals surface area contributed by atoms with Gasteiger partial charge in [0.2, 0.25) is 5.91 Å². The summed E-state index contributed by atoms with van der Waals surface area (Å²) in [6.07, 6.45) is 0. The molecule has 0 aliphatic rings. The molecular formula is C21H16FN3OS3. The van der Waals surface area contributed by atoms with Crippen molar-refractivity contribution in [3.8, 4) is 5.69 Å². The lowest BCUT2D eigenvalue weighted by atomic mass is 10.1. The number of thioether (sulfide) groups is 1. The van der Waals surface area contributed by atoms with Crippen molar-refractivity contribution in [1.82, 2.24) is 9.78 Å². The van der Waals surface area contributed by atoms with Gasteiger partial charge in [-0.3, -0.25) is 4.79 Å². The number of amides is 1. The summed E-state index contributed by atoms with van der Waals surface area (Å²) < 4.78 is 15.9. The molecule has 0 spiro atoms. The Morgan fingerprint density at radius 3 is 2.66 bits per heavy atom. The molecule has 8 heteroatoms. The Balaban J connectivity index is 1.50. The Morgan fingerprint density at radius 2 is 1.86 bits per heavy atom. The Kier molecular flexibility index (Phi) is 5.75. The van der Waals surface area contributed by atoms with Crippen molar-refractivity contribution in [3.63, 3.8) is 0 Å². The molecule has 0 saturated carbocycles. The molecule has 1 aromatic heterocycles. The second-order valence-corrected chi connectivity index (χ2v) is 9.51. The van der Waals surface area contributed by atoms with Gasteiger partial charge in [-0.05, 0) is 54.9 Å². The number of anilines is 1. The summed E-state index contributed by atoms with van der Waals surface area (Å²) >= 11 is 8.04. The fourth-order valence-electron chi connectivity index (χ4n) is 2.83. The van der Waals surface area contributed by atoms with E-state index in [0.717, 1.165) is 16.5 Å². The predicted molar refractivity (Wildman–Crippen MR) is 120 cm³/mol. The minimum Gasteiger partial charge on any atom is -0.325 e. The van der Waals surface area contributed by atoms with Gasteiger partial charge < -0.3 is 5.32 Å². The first-order chi connectivity index (χ1) is 14.0. The van der Waals surface area contributed by atoms with Crippen molar-refractivity contribution in [1.29, 1.82) is 0 Å². The molecule has 0 aliphatic heterocycles. The van der Waals surface area contributed by atoms with Crippen LogP contribution in [0.25, 0.3) is 16.5 Å². The number of fused-ring (bicyclic) bond motifs is 1. The molecule has 0 unspecified atom stereocenters. The molecule has 1 N–H and O–H groups in total. The van der Waals surface area contributed by atoms with Crippen molar-refractivity contribution >= 4 is 57.7 Å². The van der Waals surface area contributed by atoms with Gasteiger partial charge in [-0.15, -0.1) is 5.10 Å². The van der Waals surface area contributed by atoms with Crippen LogP contribution in [0.1, 0.15) is 6.92 Å². The van der Waals surface area contributed by atoms with E-state index in [-0.39, 0.29) is 17.0 Å². The molecule has 29 heavy (non-hydrogen) atoms. The van der Waals surface area contributed by atoms with Crippen LogP contribution in [0, 0.1) is 9.77 Å². The van der Waals surface area contributed by atoms with Crippen LogP contribution in [-0.2, 0) is 4.79 Å². The first-order valence-electron chi connectivity index (χ1n) is 8.82. The van der Waals surface area contributed by atoms with Gasteiger partial charge in [0.1, 0.15) is 5.82 Å². The maximum Gasteiger partial charge on any atom is 0.237 e. The molecule has 4 rings (SSSR count). The maximum absolute atomic E-state index is 13.1. The summed E-state index contributed by atoms with van der Waals surface area (Å²) in [6.45, 7) is 1.83. The number of hydrogen-bond donors (Lipinski definition) is 1. The zero-order valence-electron chi connectivity index (χ0n) is 15.3. The van der Waals surface area contributed by atoms with Crippen molar-refractivity contribution in [2.24, 2.45) is 0 Å². The predicted octanol–water partition coefficient (Wildman–Crippen LogP) is 6.07. The lowest BCUT2D eigenvalue weighted by molar-refractivity contribution is -0.115. The number of rotatable bonds is 5. The van der Waals surface area contributed by atoms with Gasteiger partial charge >= 0.3 is 0 Å². The molecule has 4 aromatic rings. The minimum atomic E-state index is -0.365. The van der Waals surface area contributed by atoms with E-state index in [0.29, 0.717) is 14.0 Å². The lowest BCUT2D eigenvalue weighted by Gasteiger charge is -2.12. The van der Waals surface area contributed by atoms with Gasteiger partial charge in [0, 0.05) is 11.1 Å². The highest BCUT2D eigenvalue weighted by Gasteiger charge is 2.18. The maximum atomic E-state index is 13.1. The second-order valence-electron chi connectivity index (χ2n) is 6.30. The van der Waals surface area contributed by atoms with Crippen LogP contribution in [0.4, 0.5) is 10.1 Å². The van der Waals surface area contributed by atoms with Gasteiger partial charge in [-0.25, -0.2) is 9.07 Å². The van der Waals surface area contributed by atoms with Gasteiger partial charge in [0.05, 0.1) is 10.9 Å². The van der Waals surface area contributed by atoms with E-state index in [9.17, 15) is 9.18 Å². The number of halogens is 1. The molecular weight excluding hydrogens is 425 g/mol. The normalized spacial score (nSPS) is 12.1. The third-order valence-electron chi connectivity index (χ3n) is 4.29. The molecule has 0 saturated heterocycles. The van der Waals surface area contributed by atoms with E-state index in [4.69, 9.17) is 12.2 Å². The molecule has 0 fully saturated rings. The quantitative estimate of drug-likeness (QED) is 0.301. The van der Waals surface area contributed by atoms with E-state index in [1.165, 1.54) is 35.2 Å². The summed E-state index contributed by atoms with van der Waals surface area (Å²) in [5.74, 6) is -0.426. The number of benzene rings is 3. The van der Waals surface area contributed by atoms with Crippen molar-refractivity contribution in [2.75, 3.05) is 5.32 Å². The van der Waals surface area contributed by atoms with Gasteiger partial charge in [-0.2, -0.15) is 0 Å². The van der Waals surface area contributed by atoms with Gasteiger partial charge in [0.15, 0.2) is 8.29 Å². The SMILES string of the molecule is C[C@H](Sc1nn(-c2ccc(F)cc2)c(=S)s1)C(=O)Nc1cccc2ccccc12. The third-order valence-corrected chi connectivity index (χ3v) is 6.71. The largest absolute Gasteiger partial charge is 0.325 e. The van der Waals surface area contributed by atoms with Gasteiger partial charge in [0.25, 0.3) is 0 Å². The van der Waals surface area contributed by atoms with Crippen molar-refractivity contribution < 1.29 is 9.18 Å². The van der Waals surface area contributed by atoms with E-state index >= 15 is 0 Å². The molecule has 1 amide bonds. The Bertz CT molecular complexity index is 1230. The summed E-state index contributed by atoms with van der Waals surface area (Å²) in [5, 5.41) is 9.19. The fourth-order valence-corrected chi connectivity index (χ4v) is 5.33. The summed E-state index contributed by atoms with van der Waals surface area (Å²) in [7, 11) is 0. The number of carbonyl (C=O) groups is 1. The molecule has 0 bridgehead atoms. The Hall–Kier alpha value is -2.55. The molecule has 1 heterocycles. The zero-order chi connectivity index (χ0) is 20.4. The van der Waals surface area contributed by atoms with Crippen LogP contribution < -0.4 is 5.32 Å². The highest BCUT2D eigenvalue weighted by atomic mass is 32.2. The standard InChI is InChI=1S/C21H16FN3OS3/c1-13(19(26)23-18-8-4-6-14-5-2-3-7-17(14)18)28-20-24-25(21(27)29-20)16-11-9-15(22)10-12-16/h2-13H,1H3,(H,23,26)/t13-/m0/s1. The summed E-state index contributed by atoms with van der Waals surface area (Å²) in [5.41, 5.74) is 1.47. The Labute approximate surface area is 180 Å². The number of aromatic nitrogens is 2. The number of nitrogens with zero attached hydrogens (tertiary/aromatic N) is 2. The first kappa shape index (κ1) is 19.8. The first-order valence-corrected chi connectivity index (χ1v) is 10.9. The monoisotopic (exact) mass is 441 g/mol. The number of hydrogen-bond acceptors (Lipinski definition) is 5. The van der Waals surface area contributed by atoms with Crippen LogP contribution in [-0.4, -0.2) is 20.9 Å². The van der Waals surface area contributed by atoms with Crippen molar-refractivity contribution in [2.45, 2.75) is 16.5 Å². The fraction of sp³-hybridized carbons (Fsp3) is 0.0952. The average molecular weight is 442 g/mol. The van der Waals surface area contributed by atoms with Crippen molar-refractivity contribution in [3.05, 3.63) is 76.5 Å². The zero-order valence-corrected chi connectivity index (χ0v) is 17.8. The van der Waals surface area contributed by atoms with Crippen LogP contribution in [0.15, 0.2) is 71.1 Å². The average Bonchev–Trinajstić information content (AvgIpc) is 3.08. The van der Waals surface area contributed by atoms with E-state index in [2.05, 4.69) is 10.4 Å². The van der Waals surface area contributed by atoms with Crippen LogP contribution in [0.5, 0.6) is 0 Å².